The fraction of sp³-hybridized carbons (Fsp3) is 0.120. The smallest absolute Gasteiger partial charge is 0.0533 e. The van der Waals surface area contributed by atoms with Crippen molar-refractivity contribution >= 4 is 22.0 Å². The van der Waals surface area contributed by atoms with Gasteiger partial charge in [-0.2, -0.15) is 0 Å². The fourth-order valence-corrected chi connectivity index (χ4v) is 7.17. The molecule has 1 heteroatoms. The molecule has 0 bridgehead atoms. The van der Waals surface area contributed by atoms with E-state index in [2.05, 4.69) is 183 Å². The average molecular weight is 660 g/mol. The van der Waals surface area contributed by atoms with Crippen LogP contribution in [0.5, 0.6) is 0 Å². The van der Waals surface area contributed by atoms with Crippen LogP contribution in [0.3, 0.4) is 0 Å². The van der Waals surface area contributed by atoms with E-state index in [0.29, 0.717) is 0 Å². The third-order valence-electron chi connectivity index (χ3n) is 9.92. The van der Waals surface area contributed by atoms with Gasteiger partial charge in [-0.1, -0.05) is 164 Å². The molecule has 0 aromatic heterocycles. The maximum Gasteiger partial charge on any atom is 0.0533 e. The predicted molar refractivity (Wildman–Crippen MR) is 220 cm³/mol. The quantitative estimate of drug-likeness (QED) is 0.195. The van der Waals surface area contributed by atoms with E-state index in [9.17, 15) is 0 Å². The maximum absolute atomic E-state index is 4.11. The van der Waals surface area contributed by atoms with Gasteiger partial charge in [0.1, 0.15) is 0 Å². The van der Waals surface area contributed by atoms with Crippen molar-refractivity contribution in [3.8, 4) is 11.1 Å². The van der Waals surface area contributed by atoms with Crippen molar-refractivity contribution < 1.29 is 0 Å². The molecule has 3 aliphatic rings. The summed E-state index contributed by atoms with van der Waals surface area (Å²) in [6.45, 7) is 6.26. The van der Waals surface area contributed by atoms with Crippen molar-refractivity contribution in [2.75, 3.05) is 0 Å². The highest BCUT2D eigenvalue weighted by molar-refractivity contribution is 5.87. The highest BCUT2D eigenvalue weighted by Gasteiger charge is 2.11. The van der Waals surface area contributed by atoms with E-state index in [-0.39, 0.29) is 0 Å². The molecule has 0 spiro atoms. The summed E-state index contributed by atoms with van der Waals surface area (Å²) >= 11 is 0. The Labute approximate surface area is 303 Å². The Morgan fingerprint density at radius 3 is 2.35 bits per heavy atom. The second-order valence-corrected chi connectivity index (χ2v) is 13.2. The van der Waals surface area contributed by atoms with E-state index in [1.807, 2.05) is 12.3 Å². The summed E-state index contributed by atoms with van der Waals surface area (Å²) in [7, 11) is 0. The highest BCUT2D eigenvalue weighted by atomic mass is 14.8. The fourth-order valence-electron chi connectivity index (χ4n) is 7.17. The van der Waals surface area contributed by atoms with E-state index < -0.39 is 0 Å². The first-order valence-corrected chi connectivity index (χ1v) is 18.1. The lowest BCUT2D eigenvalue weighted by Crippen LogP contribution is -2.33. The van der Waals surface area contributed by atoms with Crippen molar-refractivity contribution in [2.24, 2.45) is 0 Å². The van der Waals surface area contributed by atoms with Crippen LogP contribution in [0.1, 0.15) is 44.6 Å². The molecule has 0 unspecified atom stereocenters. The molecular formula is C50H45N. The van der Waals surface area contributed by atoms with E-state index in [1.54, 1.807) is 0 Å². The van der Waals surface area contributed by atoms with Crippen LogP contribution in [0.25, 0.3) is 33.2 Å². The van der Waals surface area contributed by atoms with Gasteiger partial charge in [-0.15, -0.1) is 0 Å². The summed E-state index contributed by atoms with van der Waals surface area (Å²) in [5.41, 5.74) is 12.6. The molecule has 250 valence electrons. The summed E-state index contributed by atoms with van der Waals surface area (Å²) in [6, 6.07) is 32.9. The van der Waals surface area contributed by atoms with Gasteiger partial charge in [-0.05, 0) is 117 Å². The second kappa shape index (κ2) is 16.2. The Hall–Kier alpha value is -5.92. The summed E-state index contributed by atoms with van der Waals surface area (Å²) in [6.07, 6.45) is 36.0. The first-order valence-electron chi connectivity index (χ1n) is 18.1. The number of rotatable bonds is 7. The number of nitrogens with one attached hydrogen (secondary N) is 1. The molecule has 0 radical (unpaired) electrons. The number of allylic oxidation sites excluding steroid dienone is 18. The molecule has 4 aromatic carbocycles. The zero-order valence-corrected chi connectivity index (χ0v) is 29.5. The summed E-state index contributed by atoms with van der Waals surface area (Å²) in [5, 5.41) is 8.55. The summed E-state index contributed by atoms with van der Waals surface area (Å²) in [4.78, 5) is 0. The van der Waals surface area contributed by atoms with Crippen LogP contribution in [0, 0.1) is 0 Å². The van der Waals surface area contributed by atoms with E-state index >= 15 is 0 Å². The largest absolute Gasteiger partial charge is 0.361 e. The molecule has 7 rings (SSSR count). The van der Waals surface area contributed by atoms with E-state index in [1.165, 1.54) is 65.8 Å². The van der Waals surface area contributed by atoms with Crippen LogP contribution in [0.2, 0.25) is 0 Å². The Bertz CT molecular complexity index is 2360. The number of fused-ring (bicyclic) bond motifs is 2. The molecule has 0 saturated heterocycles. The van der Waals surface area contributed by atoms with E-state index in [0.717, 1.165) is 43.4 Å². The number of hydrogen-bond donors (Lipinski definition) is 1. The minimum absolute atomic E-state index is 0.804. The van der Waals surface area contributed by atoms with Crippen LogP contribution < -0.4 is 15.8 Å². The Morgan fingerprint density at radius 1 is 0.765 bits per heavy atom. The highest BCUT2D eigenvalue weighted by Crippen LogP contribution is 2.28. The topological polar surface area (TPSA) is 12.0 Å². The van der Waals surface area contributed by atoms with Crippen LogP contribution in [0.4, 0.5) is 0 Å². The molecular weight excluding hydrogens is 615 g/mol. The van der Waals surface area contributed by atoms with Crippen molar-refractivity contribution in [2.45, 2.75) is 39.0 Å². The monoisotopic (exact) mass is 659 g/mol. The minimum atomic E-state index is 0.804. The first kappa shape index (κ1) is 33.6. The van der Waals surface area contributed by atoms with Gasteiger partial charge in [-0.3, -0.25) is 0 Å². The second-order valence-electron chi connectivity index (χ2n) is 13.2. The molecule has 1 heterocycles. The summed E-state index contributed by atoms with van der Waals surface area (Å²) < 4.78 is 0. The minimum Gasteiger partial charge on any atom is -0.361 e. The Balaban J connectivity index is 1.24. The molecule has 4 aromatic rings. The normalized spacial score (nSPS) is 22.0. The van der Waals surface area contributed by atoms with E-state index in [4.69, 9.17) is 0 Å². The lowest BCUT2D eigenvalue weighted by molar-refractivity contribution is 0.959. The lowest BCUT2D eigenvalue weighted by atomic mass is 9.91. The molecule has 51 heavy (non-hydrogen) atoms. The van der Waals surface area contributed by atoms with Crippen molar-refractivity contribution in [1.29, 1.82) is 0 Å². The van der Waals surface area contributed by atoms with Gasteiger partial charge in [-0.25, -0.2) is 0 Å². The Kier molecular flexibility index (Phi) is 10.7. The molecule has 0 saturated carbocycles. The maximum atomic E-state index is 4.11. The zero-order chi connectivity index (χ0) is 34.8. The van der Waals surface area contributed by atoms with Crippen LogP contribution in [-0.2, 0) is 0 Å². The SMILES string of the molecule is C=C/C=C(\C=C1\C=CC(C/C=C2/C=CCC/C2=C/C)=CC1)C1=c2\cccc\c2=C(/c2ccc(-c3ccc4ccccc4c3)cc2)N/C=C\C=C/C\1. The first-order chi connectivity index (χ1) is 25.2. The molecule has 1 nitrogen and oxygen atoms in total. The zero-order valence-electron chi connectivity index (χ0n) is 29.5. The molecule has 2 aliphatic carbocycles. The van der Waals surface area contributed by atoms with Crippen molar-refractivity contribution in [1.82, 2.24) is 5.32 Å². The standard InChI is InChI=1S/C50H45N/c1-3-14-46(35-38-24-22-37(23-25-38)26-27-40-16-8-7-15-39(40)4-2)47-19-6-5-13-34-51-50(49-21-12-11-20-48(47)49)43-31-28-42(29-32-43)45-33-30-41-17-9-10-18-44(41)36-45/h3-6,8-14,16-18,20-24,27-36,51H,1,7,15,19,25-26H2,2H3/b6-5-,34-13-,38-35-,39-4-,40-27-,46-14+,48-47+,50-49-. The van der Waals surface area contributed by atoms with Gasteiger partial charge in [0.25, 0.3) is 0 Å². The van der Waals surface area contributed by atoms with Crippen LogP contribution in [0.15, 0.2) is 211 Å². The Morgan fingerprint density at radius 2 is 1.55 bits per heavy atom. The molecule has 0 atom stereocenters. The molecule has 0 amide bonds. The number of hydrogen-bond acceptors (Lipinski definition) is 1. The van der Waals surface area contributed by atoms with Crippen molar-refractivity contribution in [3.05, 3.63) is 227 Å². The number of benzene rings is 4. The third kappa shape index (κ3) is 7.95. The van der Waals surface area contributed by atoms with Crippen molar-refractivity contribution in [3.63, 3.8) is 0 Å². The molecule has 0 fully saturated rings. The summed E-state index contributed by atoms with van der Waals surface area (Å²) in [5.74, 6) is 0. The van der Waals surface area contributed by atoms with Gasteiger partial charge in [0, 0.05) is 11.4 Å². The van der Waals surface area contributed by atoms with Gasteiger partial charge in [0.05, 0.1) is 5.70 Å². The molecule has 1 N–H and O–H groups in total. The van der Waals surface area contributed by atoms with Crippen LogP contribution >= 0.6 is 0 Å². The van der Waals surface area contributed by atoms with Crippen LogP contribution in [-0.4, -0.2) is 0 Å². The third-order valence-corrected chi connectivity index (χ3v) is 9.92. The average Bonchev–Trinajstić information content (AvgIpc) is 3.19. The van der Waals surface area contributed by atoms with Gasteiger partial charge < -0.3 is 5.32 Å². The predicted octanol–water partition coefficient (Wildman–Crippen LogP) is 11.4. The van der Waals surface area contributed by atoms with Gasteiger partial charge >= 0.3 is 0 Å². The lowest BCUT2D eigenvalue weighted by Gasteiger charge is -2.15. The molecule has 1 aliphatic heterocycles. The van der Waals surface area contributed by atoms with Gasteiger partial charge in [0.15, 0.2) is 0 Å². The van der Waals surface area contributed by atoms with Gasteiger partial charge in [0.2, 0.25) is 0 Å².